The molecule has 2 aliphatic rings. The van der Waals surface area contributed by atoms with E-state index in [0.717, 1.165) is 57.6 Å². The summed E-state index contributed by atoms with van der Waals surface area (Å²) in [6.07, 6.45) is 8.62. The van der Waals surface area contributed by atoms with E-state index in [4.69, 9.17) is 9.47 Å². The molecule has 1 saturated carbocycles. The normalized spacial score (nSPS) is 16.5. The van der Waals surface area contributed by atoms with Crippen LogP contribution in [0.3, 0.4) is 0 Å². The van der Waals surface area contributed by atoms with E-state index in [1.165, 1.54) is 18.2 Å². The second kappa shape index (κ2) is 11.5. The Balaban J connectivity index is 1.46. The fourth-order valence-electron chi connectivity index (χ4n) is 4.68. The third-order valence-electron chi connectivity index (χ3n) is 6.68. The Labute approximate surface area is 214 Å². The van der Waals surface area contributed by atoms with Crippen LogP contribution in [0.5, 0.6) is 11.5 Å². The van der Waals surface area contributed by atoms with E-state index < -0.39 is 11.6 Å². The summed E-state index contributed by atoms with van der Waals surface area (Å²) in [5, 5.41) is 6.19. The van der Waals surface area contributed by atoms with Crippen molar-refractivity contribution in [3.8, 4) is 22.8 Å². The van der Waals surface area contributed by atoms with E-state index in [2.05, 4.69) is 20.6 Å². The Bertz CT molecular complexity index is 1260. The molecule has 7 nitrogen and oxygen atoms in total. The molecule has 2 aromatic carbocycles. The van der Waals surface area contributed by atoms with Gasteiger partial charge in [0.15, 0.2) is 17.4 Å². The molecule has 3 aromatic rings. The van der Waals surface area contributed by atoms with Crippen LogP contribution in [0.4, 0.5) is 20.4 Å². The highest BCUT2D eigenvalue weighted by molar-refractivity contribution is 5.97. The Morgan fingerprint density at radius 2 is 1.65 bits per heavy atom. The zero-order valence-electron chi connectivity index (χ0n) is 20.6. The number of aromatic nitrogens is 2. The van der Waals surface area contributed by atoms with Gasteiger partial charge in [0, 0.05) is 23.4 Å². The van der Waals surface area contributed by atoms with E-state index in [9.17, 15) is 13.6 Å². The number of carbonyl (C=O) groups excluding carboxylic acids is 1. The molecule has 1 aliphatic heterocycles. The first kappa shape index (κ1) is 24.9. The summed E-state index contributed by atoms with van der Waals surface area (Å²) in [7, 11) is 0. The smallest absolute Gasteiger partial charge is 0.255 e. The lowest BCUT2D eigenvalue weighted by Gasteiger charge is -2.17. The summed E-state index contributed by atoms with van der Waals surface area (Å²) in [5.41, 5.74) is 1.46. The summed E-state index contributed by atoms with van der Waals surface area (Å²) >= 11 is 0. The SMILES string of the molecule is O=C(NC1CCCC1)c1ccc2cc1OCCCCCCOc1cc(ccc1F)-c1nc(ncc1F)N2. The predicted octanol–water partition coefficient (Wildman–Crippen LogP) is 6.17. The first-order valence-corrected chi connectivity index (χ1v) is 12.9. The zero-order valence-corrected chi connectivity index (χ0v) is 20.6. The van der Waals surface area contributed by atoms with Crippen LogP contribution in [-0.2, 0) is 0 Å². The van der Waals surface area contributed by atoms with Crippen molar-refractivity contribution in [3.63, 3.8) is 0 Å². The van der Waals surface area contributed by atoms with Crippen molar-refractivity contribution in [2.24, 2.45) is 0 Å². The van der Waals surface area contributed by atoms with Gasteiger partial charge in [-0.05, 0) is 68.9 Å². The van der Waals surface area contributed by atoms with Crippen molar-refractivity contribution in [1.82, 2.24) is 15.3 Å². The molecule has 2 heterocycles. The number of amides is 1. The van der Waals surface area contributed by atoms with Crippen LogP contribution in [0.1, 0.15) is 61.7 Å². The second-order valence-corrected chi connectivity index (χ2v) is 9.44. The van der Waals surface area contributed by atoms with Gasteiger partial charge in [0.05, 0.1) is 25.0 Å². The van der Waals surface area contributed by atoms with Gasteiger partial charge in [-0.3, -0.25) is 4.79 Å². The van der Waals surface area contributed by atoms with E-state index in [-0.39, 0.29) is 29.3 Å². The summed E-state index contributed by atoms with van der Waals surface area (Å²) in [5.74, 6) is -0.621. The minimum absolute atomic E-state index is 0.0208. The number of hydrogen-bond acceptors (Lipinski definition) is 6. The molecule has 2 N–H and O–H groups in total. The van der Waals surface area contributed by atoms with E-state index >= 15 is 0 Å². The molecular weight excluding hydrogens is 478 g/mol. The highest BCUT2D eigenvalue weighted by Crippen LogP contribution is 2.30. The second-order valence-electron chi connectivity index (χ2n) is 9.44. The maximum atomic E-state index is 14.7. The van der Waals surface area contributed by atoms with Crippen LogP contribution < -0.4 is 20.1 Å². The first-order chi connectivity index (χ1) is 18.1. The minimum atomic E-state index is -0.638. The van der Waals surface area contributed by atoms with Gasteiger partial charge in [0.1, 0.15) is 11.4 Å². The molecule has 6 bridgehead atoms. The van der Waals surface area contributed by atoms with Gasteiger partial charge < -0.3 is 20.1 Å². The molecule has 0 spiro atoms. The maximum absolute atomic E-state index is 14.7. The molecule has 37 heavy (non-hydrogen) atoms. The number of rotatable bonds is 2. The number of anilines is 2. The highest BCUT2D eigenvalue weighted by Gasteiger charge is 2.21. The van der Waals surface area contributed by atoms with E-state index in [1.54, 1.807) is 18.2 Å². The van der Waals surface area contributed by atoms with Crippen molar-refractivity contribution in [2.75, 3.05) is 18.5 Å². The summed E-state index contributed by atoms with van der Waals surface area (Å²) in [4.78, 5) is 21.4. The highest BCUT2D eigenvalue weighted by atomic mass is 19.1. The standard InChI is InChI=1S/C28H30F2N4O3/c29-22-12-9-18-15-25(22)37-14-6-2-1-5-13-36-24-16-20(33-28-31-17-23(30)26(18)34-28)10-11-21(24)27(35)32-19-7-3-4-8-19/h9-12,15-17,19H,1-8,13-14H2,(H,32,35)(H,31,33,34). The number of nitrogens with zero attached hydrogens (tertiary/aromatic N) is 2. The molecule has 0 atom stereocenters. The van der Waals surface area contributed by atoms with Crippen molar-refractivity contribution >= 4 is 17.5 Å². The quantitative estimate of drug-likeness (QED) is 0.431. The van der Waals surface area contributed by atoms with Crippen molar-refractivity contribution in [2.45, 2.75) is 57.4 Å². The fourth-order valence-corrected chi connectivity index (χ4v) is 4.68. The van der Waals surface area contributed by atoms with Crippen LogP contribution in [0.2, 0.25) is 0 Å². The van der Waals surface area contributed by atoms with Crippen LogP contribution in [0.15, 0.2) is 42.6 Å². The predicted molar refractivity (Wildman–Crippen MR) is 136 cm³/mol. The van der Waals surface area contributed by atoms with Gasteiger partial charge in [-0.2, -0.15) is 0 Å². The average molecular weight is 509 g/mol. The first-order valence-electron chi connectivity index (χ1n) is 12.9. The molecule has 1 aliphatic carbocycles. The summed E-state index contributed by atoms with van der Waals surface area (Å²) in [6.45, 7) is 0.787. The van der Waals surface area contributed by atoms with Gasteiger partial charge in [-0.15, -0.1) is 0 Å². The van der Waals surface area contributed by atoms with Crippen LogP contribution >= 0.6 is 0 Å². The Kier molecular flexibility index (Phi) is 7.77. The van der Waals surface area contributed by atoms with Gasteiger partial charge >= 0.3 is 0 Å². The number of halogens is 2. The largest absolute Gasteiger partial charge is 0.493 e. The van der Waals surface area contributed by atoms with Gasteiger partial charge in [0.25, 0.3) is 5.91 Å². The Hall–Kier alpha value is -3.75. The number of ether oxygens (including phenoxy) is 2. The molecule has 1 aromatic heterocycles. The summed E-state index contributed by atoms with van der Waals surface area (Å²) in [6, 6.07) is 9.55. The van der Waals surface area contributed by atoms with Crippen LogP contribution in [0.25, 0.3) is 11.3 Å². The summed E-state index contributed by atoms with van der Waals surface area (Å²) < 4.78 is 40.6. The van der Waals surface area contributed by atoms with Crippen LogP contribution in [-0.4, -0.2) is 35.1 Å². The molecule has 1 fully saturated rings. The van der Waals surface area contributed by atoms with Gasteiger partial charge in [-0.1, -0.05) is 12.8 Å². The Morgan fingerprint density at radius 3 is 2.43 bits per heavy atom. The maximum Gasteiger partial charge on any atom is 0.255 e. The topological polar surface area (TPSA) is 85.4 Å². The molecular formula is C28H30F2N4O3. The number of carbonyl (C=O) groups is 1. The number of fused-ring (bicyclic) bond motifs is 7. The van der Waals surface area contributed by atoms with Crippen molar-refractivity contribution in [1.29, 1.82) is 0 Å². The molecule has 9 heteroatoms. The third kappa shape index (κ3) is 6.15. The van der Waals surface area contributed by atoms with Crippen molar-refractivity contribution in [3.05, 3.63) is 59.8 Å². The minimum Gasteiger partial charge on any atom is -0.493 e. The number of hydrogen-bond donors (Lipinski definition) is 2. The fraction of sp³-hybridized carbons (Fsp3) is 0.393. The van der Waals surface area contributed by atoms with Crippen LogP contribution in [0, 0.1) is 11.6 Å². The van der Waals surface area contributed by atoms with Gasteiger partial charge in [0.2, 0.25) is 5.95 Å². The lowest BCUT2D eigenvalue weighted by atomic mass is 10.1. The van der Waals surface area contributed by atoms with E-state index in [0.29, 0.717) is 35.8 Å². The van der Waals surface area contributed by atoms with E-state index in [1.807, 2.05) is 0 Å². The molecule has 5 rings (SSSR count). The number of nitrogens with one attached hydrogen (secondary N) is 2. The molecule has 0 saturated heterocycles. The monoisotopic (exact) mass is 508 g/mol. The van der Waals surface area contributed by atoms with Gasteiger partial charge in [-0.25, -0.2) is 18.7 Å². The molecule has 0 radical (unpaired) electrons. The molecule has 0 unspecified atom stereocenters. The average Bonchev–Trinajstić information content (AvgIpc) is 3.40. The lowest BCUT2D eigenvalue weighted by molar-refractivity contribution is 0.0933. The number of benzene rings is 2. The molecule has 1 amide bonds. The third-order valence-corrected chi connectivity index (χ3v) is 6.68. The Morgan fingerprint density at radius 1 is 0.892 bits per heavy atom. The zero-order chi connectivity index (χ0) is 25.6. The lowest BCUT2D eigenvalue weighted by Crippen LogP contribution is -2.32. The van der Waals surface area contributed by atoms with Crippen molar-refractivity contribution < 1.29 is 23.0 Å². The molecule has 194 valence electrons.